The molecule has 1 aliphatic heterocycles. The number of rotatable bonds is 6. The Labute approximate surface area is 134 Å². The summed E-state index contributed by atoms with van der Waals surface area (Å²) in [6.45, 7) is 2.15. The molecule has 1 N–H and O–H groups in total. The van der Waals surface area contributed by atoms with Crippen molar-refractivity contribution in [3.63, 3.8) is 0 Å². The van der Waals surface area contributed by atoms with Crippen LogP contribution in [-0.4, -0.2) is 50.1 Å². The van der Waals surface area contributed by atoms with Crippen molar-refractivity contribution in [2.45, 2.75) is 31.9 Å². The first-order chi connectivity index (χ1) is 10.9. The summed E-state index contributed by atoms with van der Waals surface area (Å²) < 4.78 is 37.0. The van der Waals surface area contributed by atoms with E-state index in [-0.39, 0.29) is 5.91 Å². The van der Waals surface area contributed by atoms with Crippen LogP contribution in [0.5, 0.6) is 11.5 Å². The predicted molar refractivity (Wildman–Crippen MR) is 82.0 cm³/mol. The highest BCUT2D eigenvalue weighted by atomic mass is 19.3. The van der Waals surface area contributed by atoms with Gasteiger partial charge < -0.3 is 14.4 Å². The van der Waals surface area contributed by atoms with Gasteiger partial charge in [-0.1, -0.05) is 6.07 Å². The lowest BCUT2D eigenvalue weighted by atomic mass is 10.1. The minimum Gasteiger partial charge on any atom is -0.493 e. The molecule has 0 saturated carbocycles. The van der Waals surface area contributed by atoms with E-state index in [4.69, 9.17) is 9.47 Å². The summed E-state index contributed by atoms with van der Waals surface area (Å²) in [4.78, 5) is 14.0. The molecule has 0 aromatic heterocycles. The molecule has 1 atom stereocenters. The maximum absolute atomic E-state index is 13.3. The Hall–Kier alpha value is -1.89. The SMILES string of the molecule is CCN(Cc1ccc(OC)c(OC)c1)C(=O)C1CC(F)(F)CN1. The van der Waals surface area contributed by atoms with Gasteiger partial charge in [-0.25, -0.2) is 8.78 Å². The van der Waals surface area contributed by atoms with Crippen molar-refractivity contribution < 1.29 is 23.0 Å². The van der Waals surface area contributed by atoms with Crippen LogP contribution in [0.3, 0.4) is 0 Å². The smallest absolute Gasteiger partial charge is 0.262 e. The first kappa shape index (κ1) is 17.5. The number of amides is 1. The van der Waals surface area contributed by atoms with Gasteiger partial charge in [0, 0.05) is 19.5 Å². The molecule has 1 heterocycles. The third-order valence-corrected chi connectivity index (χ3v) is 3.92. The van der Waals surface area contributed by atoms with Crippen LogP contribution in [0.4, 0.5) is 8.78 Å². The quantitative estimate of drug-likeness (QED) is 0.868. The van der Waals surface area contributed by atoms with Crippen LogP contribution in [0.2, 0.25) is 0 Å². The molecule has 23 heavy (non-hydrogen) atoms. The van der Waals surface area contributed by atoms with Crippen LogP contribution in [-0.2, 0) is 11.3 Å². The molecule has 1 unspecified atom stereocenters. The standard InChI is InChI=1S/C16H22F2N2O3/c1-4-20(15(21)12-8-16(17,18)10-19-12)9-11-5-6-13(22-2)14(7-11)23-3/h5-7,12,19H,4,8-10H2,1-3H3. The van der Waals surface area contributed by atoms with Gasteiger partial charge in [0.1, 0.15) is 0 Å². The highest BCUT2D eigenvalue weighted by molar-refractivity contribution is 5.82. The van der Waals surface area contributed by atoms with E-state index in [0.717, 1.165) is 5.56 Å². The van der Waals surface area contributed by atoms with Crippen molar-refractivity contribution in [3.8, 4) is 11.5 Å². The van der Waals surface area contributed by atoms with Crippen LogP contribution in [0, 0.1) is 0 Å². The largest absolute Gasteiger partial charge is 0.493 e. The van der Waals surface area contributed by atoms with E-state index >= 15 is 0 Å². The fourth-order valence-electron chi connectivity index (χ4n) is 2.66. The van der Waals surface area contributed by atoms with E-state index in [1.54, 1.807) is 24.1 Å². The van der Waals surface area contributed by atoms with Gasteiger partial charge >= 0.3 is 0 Å². The third kappa shape index (κ3) is 4.10. The van der Waals surface area contributed by atoms with Crippen molar-refractivity contribution in [1.29, 1.82) is 0 Å². The molecule has 1 aliphatic rings. The number of methoxy groups -OCH3 is 2. The van der Waals surface area contributed by atoms with Crippen LogP contribution >= 0.6 is 0 Å². The molecule has 2 rings (SSSR count). The van der Waals surface area contributed by atoms with Crippen LogP contribution in [0.15, 0.2) is 18.2 Å². The van der Waals surface area contributed by atoms with Crippen molar-refractivity contribution in [2.24, 2.45) is 0 Å². The first-order valence-corrected chi connectivity index (χ1v) is 7.51. The molecule has 1 aromatic rings. The number of nitrogens with zero attached hydrogens (tertiary/aromatic N) is 1. The number of hydrogen-bond donors (Lipinski definition) is 1. The third-order valence-electron chi connectivity index (χ3n) is 3.92. The Morgan fingerprint density at radius 3 is 2.57 bits per heavy atom. The fourth-order valence-corrected chi connectivity index (χ4v) is 2.66. The molecule has 1 saturated heterocycles. The fraction of sp³-hybridized carbons (Fsp3) is 0.562. The summed E-state index contributed by atoms with van der Waals surface area (Å²) in [5, 5.41) is 2.60. The number of halogens is 2. The zero-order chi connectivity index (χ0) is 17.0. The average Bonchev–Trinajstić information content (AvgIpc) is 2.91. The van der Waals surface area contributed by atoms with Crippen molar-refractivity contribution in [2.75, 3.05) is 27.3 Å². The van der Waals surface area contributed by atoms with E-state index in [2.05, 4.69) is 5.32 Å². The molecule has 0 aliphatic carbocycles. The van der Waals surface area contributed by atoms with Gasteiger partial charge in [0.05, 0.1) is 26.8 Å². The molecule has 128 valence electrons. The zero-order valence-electron chi connectivity index (χ0n) is 13.6. The summed E-state index contributed by atoms with van der Waals surface area (Å²) in [6.07, 6.45) is -0.450. The Morgan fingerprint density at radius 2 is 2.04 bits per heavy atom. The highest BCUT2D eigenvalue weighted by Gasteiger charge is 2.43. The molecule has 1 aromatic carbocycles. The van der Waals surface area contributed by atoms with E-state index < -0.39 is 24.9 Å². The number of nitrogens with one attached hydrogen (secondary N) is 1. The van der Waals surface area contributed by atoms with E-state index in [1.807, 2.05) is 13.0 Å². The maximum Gasteiger partial charge on any atom is 0.262 e. The normalized spacial score (nSPS) is 19.4. The second-order valence-electron chi connectivity index (χ2n) is 5.54. The lowest BCUT2D eigenvalue weighted by Crippen LogP contribution is -2.43. The monoisotopic (exact) mass is 328 g/mol. The number of benzene rings is 1. The average molecular weight is 328 g/mol. The summed E-state index contributed by atoms with van der Waals surface area (Å²) in [6, 6.07) is 4.54. The highest BCUT2D eigenvalue weighted by Crippen LogP contribution is 2.29. The Morgan fingerprint density at radius 1 is 1.35 bits per heavy atom. The predicted octanol–water partition coefficient (Wildman–Crippen LogP) is 2.05. The van der Waals surface area contributed by atoms with Crippen molar-refractivity contribution in [1.82, 2.24) is 10.2 Å². The molecular weight excluding hydrogens is 306 g/mol. The number of likely N-dealkylation sites (N-methyl/N-ethyl adjacent to an activating group) is 1. The van der Waals surface area contributed by atoms with Crippen LogP contribution in [0.1, 0.15) is 18.9 Å². The van der Waals surface area contributed by atoms with Gasteiger partial charge in [-0.3, -0.25) is 10.1 Å². The van der Waals surface area contributed by atoms with E-state index in [9.17, 15) is 13.6 Å². The number of ether oxygens (including phenoxy) is 2. The van der Waals surface area contributed by atoms with Crippen LogP contribution in [0.25, 0.3) is 0 Å². The Balaban J connectivity index is 2.09. The first-order valence-electron chi connectivity index (χ1n) is 7.51. The van der Waals surface area contributed by atoms with Gasteiger partial charge in [0.25, 0.3) is 5.92 Å². The summed E-state index contributed by atoms with van der Waals surface area (Å²) in [5.41, 5.74) is 0.850. The molecule has 1 amide bonds. The van der Waals surface area contributed by atoms with Gasteiger partial charge in [-0.15, -0.1) is 0 Å². The van der Waals surface area contributed by atoms with Gasteiger partial charge in [0.2, 0.25) is 5.91 Å². The second kappa shape index (κ2) is 7.12. The minimum absolute atomic E-state index is 0.306. The van der Waals surface area contributed by atoms with Gasteiger partial charge in [-0.2, -0.15) is 0 Å². The van der Waals surface area contributed by atoms with Gasteiger partial charge in [-0.05, 0) is 24.6 Å². The summed E-state index contributed by atoms with van der Waals surface area (Å²) in [5.74, 6) is -1.95. The number of hydrogen-bond acceptors (Lipinski definition) is 4. The number of carbonyl (C=O) groups is 1. The van der Waals surface area contributed by atoms with E-state index in [0.29, 0.717) is 24.6 Å². The maximum atomic E-state index is 13.3. The number of carbonyl (C=O) groups excluding carboxylic acids is 1. The lowest BCUT2D eigenvalue weighted by molar-refractivity contribution is -0.134. The zero-order valence-corrected chi connectivity index (χ0v) is 13.6. The summed E-state index contributed by atoms with van der Waals surface area (Å²) in [7, 11) is 3.08. The molecule has 7 heteroatoms. The van der Waals surface area contributed by atoms with Crippen LogP contribution < -0.4 is 14.8 Å². The minimum atomic E-state index is -2.82. The molecule has 0 spiro atoms. The molecule has 1 fully saturated rings. The molecule has 5 nitrogen and oxygen atoms in total. The van der Waals surface area contributed by atoms with Crippen molar-refractivity contribution >= 4 is 5.91 Å². The molecule has 0 bridgehead atoms. The second-order valence-corrected chi connectivity index (χ2v) is 5.54. The molecular formula is C16H22F2N2O3. The topological polar surface area (TPSA) is 50.8 Å². The summed E-state index contributed by atoms with van der Waals surface area (Å²) >= 11 is 0. The van der Waals surface area contributed by atoms with Gasteiger partial charge in [0.15, 0.2) is 11.5 Å². The molecule has 0 radical (unpaired) electrons. The number of alkyl halides is 2. The Bertz CT molecular complexity index is 566. The van der Waals surface area contributed by atoms with Crippen molar-refractivity contribution in [3.05, 3.63) is 23.8 Å². The lowest BCUT2D eigenvalue weighted by Gasteiger charge is -2.24. The van der Waals surface area contributed by atoms with E-state index in [1.165, 1.54) is 7.11 Å². The Kier molecular flexibility index (Phi) is 5.41.